The van der Waals surface area contributed by atoms with Gasteiger partial charge >= 0.3 is 5.97 Å². The molecule has 0 aromatic carbocycles. The van der Waals surface area contributed by atoms with Crippen molar-refractivity contribution in [1.82, 2.24) is 9.97 Å². The lowest BCUT2D eigenvalue weighted by molar-refractivity contribution is 0.0690. The normalized spacial score (nSPS) is 15.8. The lowest BCUT2D eigenvalue weighted by Crippen LogP contribution is -2.04. The maximum absolute atomic E-state index is 10.6. The van der Waals surface area contributed by atoms with Gasteiger partial charge < -0.3 is 5.11 Å². The van der Waals surface area contributed by atoms with E-state index in [1.807, 2.05) is 0 Å². The van der Waals surface area contributed by atoms with Crippen LogP contribution in [0.3, 0.4) is 0 Å². The molecule has 0 radical (unpaired) electrons. The number of carboxylic acid groups (broad SMARTS) is 1. The third kappa shape index (κ3) is 1.78. The zero-order valence-corrected chi connectivity index (χ0v) is 7.45. The van der Waals surface area contributed by atoms with E-state index < -0.39 is 5.97 Å². The molecule has 0 unspecified atom stereocenters. The number of hydrogen-bond acceptors (Lipinski definition) is 3. The summed E-state index contributed by atoms with van der Waals surface area (Å²) in [5, 5.41) is 8.89. The Morgan fingerprint density at radius 1 is 1.54 bits per heavy atom. The van der Waals surface area contributed by atoms with Gasteiger partial charge in [0.15, 0.2) is 5.69 Å². The van der Waals surface area contributed by atoms with Crippen LogP contribution in [0.2, 0.25) is 5.15 Å². The van der Waals surface area contributed by atoms with E-state index in [0.717, 1.165) is 12.8 Å². The van der Waals surface area contributed by atoms with Gasteiger partial charge in [-0.3, -0.25) is 0 Å². The standard InChI is InChI=1S/C8H7ClN2O2/c9-6-3-5(8(12)13)10-7(11-6)4-1-2-4/h3-4H,1-2H2,(H,12,13). The fraction of sp³-hybridized carbons (Fsp3) is 0.375. The monoisotopic (exact) mass is 198 g/mol. The quantitative estimate of drug-likeness (QED) is 0.735. The summed E-state index contributed by atoms with van der Waals surface area (Å²) in [7, 11) is 0. The van der Waals surface area contributed by atoms with Crippen molar-refractivity contribution in [2.24, 2.45) is 0 Å². The molecule has 1 aliphatic rings. The molecule has 13 heavy (non-hydrogen) atoms. The van der Waals surface area contributed by atoms with Crippen LogP contribution < -0.4 is 0 Å². The first-order valence-corrected chi connectivity index (χ1v) is 4.32. The van der Waals surface area contributed by atoms with Crippen molar-refractivity contribution in [3.63, 3.8) is 0 Å². The second kappa shape index (κ2) is 2.96. The molecule has 1 aliphatic carbocycles. The van der Waals surface area contributed by atoms with Crippen molar-refractivity contribution >= 4 is 17.6 Å². The van der Waals surface area contributed by atoms with Crippen LogP contribution in [0, 0.1) is 0 Å². The first kappa shape index (κ1) is 8.44. The summed E-state index contributed by atoms with van der Waals surface area (Å²) >= 11 is 5.65. The fourth-order valence-corrected chi connectivity index (χ4v) is 1.26. The third-order valence-corrected chi connectivity index (χ3v) is 2.07. The zero-order valence-electron chi connectivity index (χ0n) is 6.70. The molecule has 1 saturated carbocycles. The highest BCUT2D eigenvalue weighted by Gasteiger charge is 2.27. The van der Waals surface area contributed by atoms with Gasteiger partial charge in [0.25, 0.3) is 0 Å². The summed E-state index contributed by atoms with van der Waals surface area (Å²) in [4.78, 5) is 18.5. The SMILES string of the molecule is O=C(O)c1cc(Cl)nc(C2CC2)n1. The molecule has 1 heterocycles. The molecular weight excluding hydrogens is 192 g/mol. The molecule has 0 spiro atoms. The number of rotatable bonds is 2. The van der Waals surface area contributed by atoms with E-state index in [1.165, 1.54) is 6.07 Å². The fourth-order valence-electron chi connectivity index (χ4n) is 1.07. The Labute approximate surface area is 79.6 Å². The van der Waals surface area contributed by atoms with Crippen LogP contribution in [-0.2, 0) is 0 Å². The topological polar surface area (TPSA) is 63.1 Å². The smallest absolute Gasteiger partial charge is 0.354 e. The molecule has 0 bridgehead atoms. The molecule has 0 atom stereocenters. The van der Waals surface area contributed by atoms with Gasteiger partial charge in [0.2, 0.25) is 0 Å². The summed E-state index contributed by atoms with van der Waals surface area (Å²) in [5.74, 6) is -0.187. The Morgan fingerprint density at radius 2 is 2.23 bits per heavy atom. The number of aromatic nitrogens is 2. The summed E-state index contributed by atoms with van der Waals surface area (Å²) in [6.07, 6.45) is 2.05. The summed E-state index contributed by atoms with van der Waals surface area (Å²) < 4.78 is 0. The van der Waals surface area contributed by atoms with Crippen LogP contribution in [-0.4, -0.2) is 21.0 Å². The van der Waals surface area contributed by atoms with E-state index in [9.17, 15) is 4.79 Å². The van der Waals surface area contributed by atoms with Gasteiger partial charge in [0.05, 0.1) is 0 Å². The molecule has 4 nitrogen and oxygen atoms in total. The lowest BCUT2D eigenvalue weighted by atomic mass is 10.3. The van der Waals surface area contributed by atoms with Crippen molar-refractivity contribution < 1.29 is 9.90 Å². The van der Waals surface area contributed by atoms with Crippen LogP contribution in [0.1, 0.15) is 35.1 Å². The first-order chi connectivity index (χ1) is 6.16. The Bertz CT molecular complexity index is 363. The highest BCUT2D eigenvalue weighted by Crippen LogP contribution is 2.38. The van der Waals surface area contributed by atoms with E-state index in [-0.39, 0.29) is 10.8 Å². The van der Waals surface area contributed by atoms with Crippen molar-refractivity contribution in [2.45, 2.75) is 18.8 Å². The largest absolute Gasteiger partial charge is 0.477 e. The number of hydrogen-bond donors (Lipinski definition) is 1. The van der Waals surface area contributed by atoms with Gasteiger partial charge in [-0.05, 0) is 12.8 Å². The van der Waals surface area contributed by atoms with Gasteiger partial charge in [0, 0.05) is 12.0 Å². The highest BCUT2D eigenvalue weighted by atomic mass is 35.5. The Hall–Kier alpha value is -1.16. The Kier molecular flexibility index (Phi) is 1.92. The Morgan fingerprint density at radius 3 is 2.77 bits per heavy atom. The maximum Gasteiger partial charge on any atom is 0.354 e. The molecule has 0 saturated heterocycles. The number of carbonyl (C=O) groups is 1. The number of aromatic carboxylic acids is 1. The zero-order chi connectivity index (χ0) is 9.42. The minimum Gasteiger partial charge on any atom is -0.477 e. The summed E-state index contributed by atoms with van der Waals surface area (Å²) in [6.45, 7) is 0. The van der Waals surface area contributed by atoms with Gasteiger partial charge in [-0.25, -0.2) is 14.8 Å². The average molecular weight is 199 g/mol. The van der Waals surface area contributed by atoms with Crippen LogP contribution in [0.4, 0.5) is 0 Å². The molecule has 1 fully saturated rings. The number of halogens is 1. The average Bonchev–Trinajstić information content (AvgIpc) is 2.85. The lowest BCUT2D eigenvalue weighted by Gasteiger charge is -1.99. The minimum absolute atomic E-state index is 0.0260. The van der Waals surface area contributed by atoms with E-state index >= 15 is 0 Å². The second-order valence-corrected chi connectivity index (χ2v) is 3.40. The van der Waals surface area contributed by atoms with Crippen LogP contribution in [0.5, 0.6) is 0 Å². The van der Waals surface area contributed by atoms with E-state index in [4.69, 9.17) is 16.7 Å². The van der Waals surface area contributed by atoms with E-state index in [1.54, 1.807) is 0 Å². The second-order valence-electron chi connectivity index (χ2n) is 3.01. The molecule has 0 aliphatic heterocycles. The number of nitrogens with zero attached hydrogens (tertiary/aromatic N) is 2. The minimum atomic E-state index is -1.06. The molecule has 5 heteroatoms. The van der Waals surface area contributed by atoms with E-state index in [0.29, 0.717) is 11.7 Å². The number of carboxylic acids is 1. The third-order valence-electron chi connectivity index (χ3n) is 1.87. The Balaban J connectivity index is 2.41. The van der Waals surface area contributed by atoms with Crippen molar-refractivity contribution in [3.05, 3.63) is 22.7 Å². The van der Waals surface area contributed by atoms with Crippen molar-refractivity contribution in [1.29, 1.82) is 0 Å². The van der Waals surface area contributed by atoms with Crippen molar-refractivity contribution in [2.75, 3.05) is 0 Å². The van der Waals surface area contributed by atoms with Gasteiger partial charge in [-0.2, -0.15) is 0 Å². The van der Waals surface area contributed by atoms with Gasteiger partial charge in [-0.15, -0.1) is 0 Å². The molecule has 1 aromatic heterocycles. The van der Waals surface area contributed by atoms with Crippen LogP contribution in [0.25, 0.3) is 0 Å². The molecule has 2 rings (SSSR count). The van der Waals surface area contributed by atoms with Gasteiger partial charge in [0.1, 0.15) is 11.0 Å². The molecule has 68 valence electrons. The van der Waals surface area contributed by atoms with Crippen LogP contribution >= 0.6 is 11.6 Å². The summed E-state index contributed by atoms with van der Waals surface area (Å²) in [6, 6.07) is 1.26. The van der Waals surface area contributed by atoms with Crippen LogP contribution in [0.15, 0.2) is 6.07 Å². The molecule has 1 aromatic rings. The maximum atomic E-state index is 10.6. The molecule has 1 N–H and O–H groups in total. The molecular formula is C8H7ClN2O2. The van der Waals surface area contributed by atoms with E-state index in [2.05, 4.69) is 9.97 Å². The molecule has 0 amide bonds. The van der Waals surface area contributed by atoms with Crippen molar-refractivity contribution in [3.8, 4) is 0 Å². The highest BCUT2D eigenvalue weighted by molar-refractivity contribution is 6.29. The summed E-state index contributed by atoms with van der Waals surface area (Å²) in [5.41, 5.74) is -0.0260. The predicted octanol–water partition coefficient (Wildman–Crippen LogP) is 1.71. The first-order valence-electron chi connectivity index (χ1n) is 3.94. The van der Waals surface area contributed by atoms with Gasteiger partial charge in [-0.1, -0.05) is 11.6 Å². The predicted molar refractivity (Wildman–Crippen MR) is 46.0 cm³/mol.